The van der Waals surface area contributed by atoms with Gasteiger partial charge in [0.15, 0.2) is 0 Å². The van der Waals surface area contributed by atoms with Gasteiger partial charge in [0.25, 0.3) is 0 Å². The Morgan fingerprint density at radius 3 is 2.24 bits per heavy atom. The molecule has 2 nitrogen and oxygen atoms in total. The average molecular weight is 526 g/mol. The first-order valence-electron chi connectivity index (χ1n) is 8.39. The van der Waals surface area contributed by atoms with Crippen molar-refractivity contribution in [2.75, 3.05) is 0 Å². The van der Waals surface area contributed by atoms with E-state index >= 15 is 0 Å². The molecule has 1 radical (unpaired) electrons. The molecule has 0 amide bonds. The molecule has 3 aromatic rings. The molecule has 0 unspecified atom stereocenters. The summed E-state index contributed by atoms with van der Waals surface area (Å²) < 4.78 is 2.07. The fraction of sp³-hybridized carbons (Fsp3) is 0.286. The van der Waals surface area contributed by atoms with E-state index in [1.165, 1.54) is 27.4 Å². The number of aromatic nitrogens is 2. The molecule has 0 N–H and O–H groups in total. The van der Waals surface area contributed by atoms with Crippen LogP contribution in [0, 0.1) is 19.9 Å². The second kappa shape index (κ2) is 7.41. The molecular formula is C21H25IrN2Si-. The van der Waals surface area contributed by atoms with Crippen LogP contribution in [0.5, 0.6) is 0 Å². The summed E-state index contributed by atoms with van der Waals surface area (Å²) in [5.41, 5.74) is 6.24. The summed E-state index contributed by atoms with van der Waals surface area (Å²) in [5, 5.41) is 1.43. The van der Waals surface area contributed by atoms with Gasteiger partial charge in [-0.3, -0.25) is 4.98 Å². The Labute approximate surface area is 165 Å². The molecule has 4 heteroatoms. The van der Waals surface area contributed by atoms with Gasteiger partial charge in [-0.25, -0.2) is 0 Å². The van der Waals surface area contributed by atoms with Crippen molar-refractivity contribution in [1.29, 1.82) is 0 Å². The van der Waals surface area contributed by atoms with Crippen molar-refractivity contribution in [3.63, 3.8) is 0 Å². The maximum Gasteiger partial charge on any atom is 0.0561 e. The van der Waals surface area contributed by atoms with Crippen LogP contribution in [0.2, 0.25) is 19.6 Å². The molecule has 0 aliphatic rings. The minimum absolute atomic E-state index is 0. The van der Waals surface area contributed by atoms with Crippen LogP contribution in [0.25, 0.3) is 22.5 Å². The van der Waals surface area contributed by atoms with Gasteiger partial charge >= 0.3 is 0 Å². The molecule has 25 heavy (non-hydrogen) atoms. The fourth-order valence-electron chi connectivity index (χ4n) is 3.16. The monoisotopic (exact) mass is 526 g/mol. The van der Waals surface area contributed by atoms with Gasteiger partial charge in [0.2, 0.25) is 0 Å². The van der Waals surface area contributed by atoms with Crippen molar-refractivity contribution in [2.45, 2.75) is 33.5 Å². The second-order valence-electron chi connectivity index (χ2n) is 7.56. The summed E-state index contributed by atoms with van der Waals surface area (Å²) in [6, 6.07) is 14.6. The van der Waals surface area contributed by atoms with Crippen LogP contribution in [0.3, 0.4) is 0 Å². The van der Waals surface area contributed by atoms with Crippen LogP contribution in [0.1, 0.15) is 11.1 Å². The van der Waals surface area contributed by atoms with Crippen molar-refractivity contribution in [3.05, 3.63) is 59.9 Å². The fourth-order valence-corrected chi connectivity index (χ4v) is 4.24. The van der Waals surface area contributed by atoms with Gasteiger partial charge in [-0.2, -0.15) is 0 Å². The van der Waals surface area contributed by atoms with E-state index in [-0.39, 0.29) is 20.1 Å². The van der Waals surface area contributed by atoms with E-state index in [1.807, 2.05) is 19.4 Å². The van der Waals surface area contributed by atoms with Crippen LogP contribution in [0.4, 0.5) is 0 Å². The number of hydrogen-bond donors (Lipinski definition) is 0. The third-order valence-corrected chi connectivity index (χ3v) is 6.62. The first-order valence-corrected chi connectivity index (χ1v) is 11.9. The van der Waals surface area contributed by atoms with Crippen molar-refractivity contribution in [2.24, 2.45) is 7.05 Å². The Kier molecular flexibility index (Phi) is 5.88. The van der Waals surface area contributed by atoms with Crippen LogP contribution in [-0.2, 0) is 27.2 Å². The van der Waals surface area contributed by atoms with E-state index in [4.69, 9.17) is 0 Å². The minimum Gasteiger partial charge on any atom is -0.373 e. The summed E-state index contributed by atoms with van der Waals surface area (Å²) in [7, 11) is 0.627. The quantitative estimate of drug-likeness (QED) is 0.358. The molecule has 1 aromatic heterocycles. The van der Waals surface area contributed by atoms with Crippen molar-refractivity contribution in [3.8, 4) is 22.5 Å². The summed E-state index contributed by atoms with van der Waals surface area (Å²) in [4.78, 5) is 4.57. The first-order chi connectivity index (χ1) is 11.3. The smallest absolute Gasteiger partial charge is 0.0561 e. The first kappa shape index (κ1) is 19.8. The Bertz CT molecular complexity index is 871. The molecule has 0 fully saturated rings. The SMILES string of the molecule is Cc1cccc(C)c1-c1cc([Si](C)(C)C)c[c-]c1-c1nccn1C.[Ir]. The normalized spacial score (nSPS) is 11.3. The Morgan fingerprint density at radius 2 is 1.72 bits per heavy atom. The van der Waals surface area contributed by atoms with E-state index < -0.39 is 8.07 Å². The van der Waals surface area contributed by atoms with Crippen LogP contribution in [0.15, 0.2) is 42.7 Å². The van der Waals surface area contributed by atoms with Gasteiger partial charge < -0.3 is 4.57 Å². The molecule has 2 aromatic carbocycles. The summed E-state index contributed by atoms with van der Waals surface area (Å²) in [6.07, 6.45) is 3.84. The molecule has 1 heterocycles. The molecule has 0 atom stereocenters. The molecule has 0 saturated heterocycles. The topological polar surface area (TPSA) is 17.8 Å². The Balaban J connectivity index is 0.00000225. The summed E-state index contributed by atoms with van der Waals surface area (Å²) in [5.74, 6) is 0.967. The largest absolute Gasteiger partial charge is 0.373 e. The third kappa shape index (κ3) is 3.87. The standard InChI is InChI=1S/C21H25N2Si.Ir/c1-15-8-7-9-16(2)20(15)19-14-17(24(4,5)6)10-11-18(19)21-22-12-13-23(21)3;/h7-10,12-14H,1-6H3;/q-1;. The predicted molar refractivity (Wildman–Crippen MR) is 105 cm³/mol. The van der Waals surface area contributed by atoms with Gasteiger partial charge in [0, 0.05) is 47.6 Å². The van der Waals surface area contributed by atoms with E-state index in [9.17, 15) is 0 Å². The van der Waals surface area contributed by atoms with E-state index in [0.29, 0.717) is 0 Å². The summed E-state index contributed by atoms with van der Waals surface area (Å²) in [6.45, 7) is 11.5. The van der Waals surface area contributed by atoms with E-state index in [1.54, 1.807) is 0 Å². The van der Waals surface area contributed by atoms with Crippen molar-refractivity contribution in [1.82, 2.24) is 9.55 Å². The van der Waals surface area contributed by atoms with Gasteiger partial charge in [-0.15, -0.1) is 28.9 Å². The van der Waals surface area contributed by atoms with Crippen LogP contribution in [-0.4, -0.2) is 17.6 Å². The predicted octanol–water partition coefficient (Wildman–Crippen LogP) is 4.71. The second-order valence-corrected chi connectivity index (χ2v) is 12.6. The van der Waals surface area contributed by atoms with Crippen LogP contribution < -0.4 is 5.19 Å². The zero-order valence-electron chi connectivity index (χ0n) is 15.8. The van der Waals surface area contributed by atoms with Crippen molar-refractivity contribution >= 4 is 13.3 Å². The maximum atomic E-state index is 4.57. The molecule has 0 spiro atoms. The Morgan fingerprint density at radius 1 is 1.08 bits per heavy atom. The molecule has 0 bridgehead atoms. The molecular weight excluding hydrogens is 501 g/mol. The number of rotatable bonds is 3. The maximum absolute atomic E-state index is 4.57. The average Bonchev–Trinajstić information content (AvgIpc) is 2.92. The van der Waals surface area contributed by atoms with Gasteiger partial charge in [-0.05, 0) is 13.8 Å². The number of benzene rings is 2. The summed E-state index contributed by atoms with van der Waals surface area (Å²) >= 11 is 0. The number of hydrogen-bond acceptors (Lipinski definition) is 1. The van der Waals surface area contributed by atoms with Gasteiger partial charge in [0.1, 0.15) is 0 Å². The number of imidazole rings is 1. The molecule has 0 saturated carbocycles. The molecule has 133 valence electrons. The third-order valence-electron chi connectivity index (χ3n) is 4.60. The zero-order chi connectivity index (χ0) is 17.5. The minimum atomic E-state index is -1.41. The van der Waals surface area contributed by atoms with Gasteiger partial charge in [0.05, 0.1) is 5.82 Å². The van der Waals surface area contributed by atoms with Gasteiger partial charge in [-0.1, -0.05) is 60.1 Å². The number of aryl methyl sites for hydroxylation is 3. The molecule has 0 aliphatic carbocycles. The number of nitrogens with zero attached hydrogens (tertiary/aromatic N) is 2. The van der Waals surface area contributed by atoms with E-state index in [2.05, 4.69) is 79.4 Å². The Hall–Kier alpha value is -1.48. The molecule has 3 rings (SSSR count). The van der Waals surface area contributed by atoms with Crippen molar-refractivity contribution < 1.29 is 20.1 Å². The molecule has 0 aliphatic heterocycles. The van der Waals surface area contributed by atoms with Crippen LogP contribution >= 0.6 is 0 Å². The zero-order valence-corrected chi connectivity index (χ0v) is 19.2. The van der Waals surface area contributed by atoms with E-state index in [0.717, 1.165) is 11.4 Å².